The number of H-pyrrole nitrogens is 1. The highest BCUT2D eigenvalue weighted by Crippen LogP contribution is 2.42. The molecule has 3 heterocycles. The fourth-order valence-electron chi connectivity index (χ4n) is 4.05. The fourth-order valence-corrected chi connectivity index (χ4v) is 4.05. The van der Waals surface area contributed by atoms with Crippen LogP contribution in [0, 0.1) is 0 Å². The average Bonchev–Trinajstić information content (AvgIpc) is 3.21. The van der Waals surface area contributed by atoms with E-state index < -0.39 is 11.9 Å². The van der Waals surface area contributed by atoms with Crippen LogP contribution in [0.5, 0.6) is 11.5 Å². The number of rotatable bonds is 2. The largest absolute Gasteiger partial charge is 0.508 e. The number of phenolic OH excluding ortho intramolecular Hbond substituents is 1. The number of nitrogens with zero attached hydrogens (tertiary/aromatic N) is 2. The molecule has 1 aliphatic heterocycles. The third kappa shape index (κ3) is 2.62. The Morgan fingerprint density at radius 3 is 2.83 bits per heavy atom. The summed E-state index contributed by atoms with van der Waals surface area (Å²) in [4.78, 5) is 25.7. The van der Waals surface area contributed by atoms with Crippen molar-refractivity contribution in [2.75, 3.05) is 0 Å². The second-order valence-corrected chi connectivity index (χ2v) is 7.11. The molecule has 1 atom stereocenters. The number of carbonyl (C=O) groups excluding carboxylic acids is 1. The van der Waals surface area contributed by atoms with Crippen LogP contribution < -0.4 is 10.3 Å². The first kappa shape index (κ1) is 17.2. The molecule has 0 bridgehead atoms. The van der Waals surface area contributed by atoms with Crippen LogP contribution in [-0.2, 0) is 11.8 Å². The molecule has 7 heteroatoms. The van der Waals surface area contributed by atoms with Gasteiger partial charge in [-0.3, -0.25) is 14.7 Å². The van der Waals surface area contributed by atoms with E-state index in [9.17, 15) is 14.7 Å². The van der Waals surface area contributed by atoms with Gasteiger partial charge in [-0.15, -0.1) is 0 Å². The van der Waals surface area contributed by atoms with E-state index in [4.69, 9.17) is 4.74 Å². The number of phenols is 1. The van der Waals surface area contributed by atoms with Crippen molar-refractivity contribution in [3.63, 3.8) is 0 Å². The molecule has 7 nitrogen and oxygen atoms in total. The summed E-state index contributed by atoms with van der Waals surface area (Å²) in [6, 6.07) is 14.1. The summed E-state index contributed by atoms with van der Waals surface area (Å²) < 4.78 is 7.13. The lowest BCUT2D eigenvalue weighted by molar-refractivity contribution is -0.135. The standard InChI is InChI=1S/C22H17N3O4/c1-25-17-8-3-2-7-14(17)21-19(22(25)28)15(10-18(27)29-21)16-11-23-24-20(16)12-5-4-6-13(26)9-12/h2-9,11,15,26H,10H2,1H3,(H,23,24). The quantitative estimate of drug-likeness (QED) is 0.515. The molecule has 0 saturated carbocycles. The van der Waals surface area contributed by atoms with E-state index in [1.54, 1.807) is 36.0 Å². The normalized spacial score (nSPS) is 15.9. The summed E-state index contributed by atoms with van der Waals surface area (Å²) in [6.45, 7) is 0. The zero-order valence-corrected chi connectivity index (χ0v) is 15.5. The van der Waals surface area contributed by atoms with E-state index in [0.717, 1.165) is 5.56 Å². The number of para-hydroxylation sites is 1. The number of hydrogen-bond donors (Lipinski definition) is 2. The third-order valence-corrected chi connectivity index (χ3v) is 5.40. The molecule has 29 heavy (non-hydrogen) atoms. The first-order valence-corrected chi connectivity index (χ1v) is 9.19. The van der Waals surface area contributed by atoms with Gasteiger partial charge in [0.15, 0.2) is 0 Å². The monoisotopic (exact) mass is 387 g/mol. The molecule has 2 N–H and O–H groups in total. The number of ether oxygens (including phenoxy) is 1. The number of aromatic nitrogens is 3. The van der Waals surface area contributed by atoms with Crippen molar-refractivity contribution in [2.24, 2.45) is 7.05 Å². The minimum Gasteiger partial charge on any atom is -0.508 e. The molecule has 0 saturated heterocycles. The van der Waals surface area contributed by atoms with Crippen LogP contribution in [0.25, 0.3) is 22.2 Å². The Morgan fingerprint density at radius 1 is 1.17 bits per heavy atom. The predicted molar refractivity (Wildman–Crippen MR) is 107 cm³/mol. The number of pyridine rings is 1. The van der Waals surface area contributed by atoms with Crippen molar-refractivity contribution in [1.29, 1.82) is 0 Å². The number of aromatic amines is 1. The van der Waals surface area contributed by atoms with Crippen molar-refractivity contribution >= 4 is 16.9 Å². The summed E-state index contributed by atoms with van der Waals surface area (Å²) in [5.41, 5.74) is 3.01. The number of nitrogens with one attached hydrogen (secondary N) is 1. The summed E-state index contributed by atoms with van der Waals surface area (Å²) in [5, 5.41) is 17.7. The van der Waals surface area contributed by atoms with Crippen molar-refractivity contribution in [1.82, 2.24) is 14.8 Å². The van der Waals surface area contributed by atoms with Crippen LogP contribution in [0.3, 0.4) is 0 Å². The Labute approximate surface area is 165 Å². The van der Waals surface area contributed by atoms with Crippen molar-refractivity contribution in [3.8, 4) is 22.8 Å². The molecule has 0 spiro atoms. The van der Waals surface area contributed by atoms with Gasteiger partial charge in [-0.05, 0) is 24.3 Å². The van der Waals surface area contributed by atoms with Gasteiger partial charge in [0.2, 0.25) is 0 Å². The topological polar surface area (TPSA) is 97.2 Å². The Hall–Kier alpha value is -3.87. The van der Waals surface area contributed by atoms with E-state index >= 15 is 0 Å². The maximum absolute atomic E-state index is 13.2. The second kappa shape index (κ2) is 6.34. The Bertz CT molecular complexity index is 1340. The molecule has 4 aromatic rings. The highest BCUT2D eigenvalue weighted by Gasteiger charge is 2.35. The van der Waals surface area contributed by atoms with Gasteiger partial charge in [0, 0.05) is 29.5 Å². The molecule has 1 unspecified atom stereocenters. The number of esters is 1. The van der Waals surface area contributed by atoms with E-state index in [0.29, 0.717) is 33.5 Å². The predicted octanol–water partition coefficient (Wildman–Crippen LogP) is 3.08. The molecule has 5 rings (SSSR count). The summed E-state index contributed by atoms with van der Waals surface area (Å²) in [7, 11) is 1.71. The molecule has 0 radical (unpaired) electrons. The van der Waals surface area contributed by atoms with Gasteiger partial charge in [0.05, 0.1) is 29.4 Å². The van der Waals surface area contributed by atoms with Crippen molar-refractivity contribution < 1.29 is 14.6 Å². The number of carbonyl (C=O) groups is 1. The molecular weight excluding hydrogens is 370 g/mol. The highest BCUT2D eigenvalue weighted by molar-refractivity contribution is 5.92. The number of benzene rings is 2. The van der Waals surface area contributed by atoms with Crippen LogP contribution in [0.4, 0.5) is 0 Å². The van der Waals surface area contributed by atoms with Gasteiger partial charge in [-0.25, -0.2) is 0 Å². The van der Waals surface area contributed by atoms with Crippen molar-refractivity contribution in [2.45, 2.75) is 12.3 Å². The van der Waals surface area contributed by atoms with E-state index in [2.05, 4.69) is 10.2 Å². The van der Waals surface area contributed by atoms with Crippen LogP contribution in [0.2, 0.25) is 0 Å². The molecular formula is C22H17N3O4. The van der Waals surface area contributed by atoms with Gasteiger partial charge >= 0.3 is 5.97 Å². The van der Waals surface area contributed by atoms with Gasteiger partial charge in [-0.1, -0.05) is 24.3 Å². The second-order valence-electron chi connectivity index (χ2n) is 7.11. The smallest absolute Gasteiger partial charge is 0.312 e. The lowest BCUT2D eigenvalue weighted by Crippen LogP contribution is -2.31. The maximum Gasteiger partial charge on any atom is 0.312 e. The third-order valence-electron chi connectivity index (χ3n) is 5.40. The fraction of sp³-hybridized carbons (Fsp3) is 0.136. The number of fused-ring (bicyclic) bond motifs is 3. The Kier molecular flexibility index (Phi) is 3.77. The SMILES string of the molecule is Cn1c(=O)c2c(c3ccccc31)OC(=O)CC2c1cn[nH]c1-c1cccc(O)c1. The lowest BCUT2D eigenvalue weighted by Gasteiger charge is -2.26. The lowest BCUT2D eigenvalue weighted by atomic mass is 9.85. The van der Waals surface area contributed by atoms with Gasteiger partial charge in [-0.2, -0.15) is 5.10 Å². The molecule has 2 aromatic heterocycles. The van der Waals surface area contributed by atoms with E-state index in [1.165, 1.54) is 0 Å². The maximum atomic E-state index is 13.2. The molecule has 1 aliphatic rings. The van der Waals surface area contributed by atoms with Gasteiger partial charge in [0.1, 0.15) is 11.5 Å². The van der Waals surface area contributed by atoms with Gasteiger partial charge < -0.3 is 14.4 Å². The molecule has 144 valence electrons. The zero-order valence-electron chi connectivity index (χ0n) is 15.5. The summed E-state index contributed by atoms with van der Waals surface area (Å²) in [5.74, 6) is -0.476. The number of hydrogen-bond acceptors (Lipinski definition) is 5. The number of aromatic hydroxyl groups is 1. The van der Waals surface area contributed by atoms with E-state index in [-0.39, 0.29) is 17.7 Å². The average molecular weight is 387 g/mol. The van der Waals surface area contributed by atoms with Crippen LogP contribution in [0.1, 0.15) is 23.5 Å². The number of aryl methyl sites for hydroxylation is 1. The minimum atomic E-state index is -0.509. The molecule has 0 amide bonds. The van der Waals surface area contributed by atoms with Crippen LogP contribution in [-0.4, -0.2) is 25.8 Å². The van der Waals surface area contributed by atoms with Gasteiger partial charge in [0.25, 0.3) is 5.56 Å². The summed E-state index contributed by atoms with van der Waals surface area (Å²) >= 11 is 0. The van der Waals surface area contributed by atoms with Crippen molar-refractivity contribution in [3.05, 3.63) is 76.2 Å². The first-order chi connectivity index (χ1) is 14.0. The van der Waals surface area contributed by atoms with Crippen LogP contribution in [0.15, 0.2) is 59.5 Å². The minimum absolute atomic E-state index is 0.0337. The molecule has 0 fully saturated rings. The summed E-state index contributed by atoms with van der Waals surface area (Å²) in [6.07, 6.45) is 1.66. The highest BCUT2D eigenvalue weighted by atomic mass is 16.5. The van der Waals surface area contributed by atoms with E-state index in [1.807, 2.05) is 30.3 Å². The van der Waals surface area contributed by atoms with Crippen LogP contribution >= 0.6 is 0 Å². The Morgan fingerprint density at radius 2 is 2.00 bits per heavy atom. The first-order valence-electron chi connectivity index (χ1n) is 9.19. The molecule has 2 aromatic carbocycles. The zero-order chi connectivity index (χ0) is 20.1. The Balaban J connectivity index is 1.78. The molecule has 0 aliphatic carbocycles.